The highest BCUT2D eigenvalue weighted by atomic mass is 16.5. The molecule has 2 heteroatoms. The van der Waals surface area contributed by atoms with E-state index in [-0.39, 0.29) is 11.7 Å². The van der Waals surface area contributed by atoms with Crippen molar-refractivity contribution in [3.8, 4) is 0 Å². The highest BCUT2D eigenvalue weighted by molar-refractivity contribution is 4.87. The molecule has 1 unspecified atom stereocenters. The minimum absolute atomic E-state index is 0.0537. The fourth-order valence-corrected chi connectivity index (χ4v) is 2.90. The SMILES string of the molecule is OC1CCOC2(CCCCCCC2)C1. The first-order valence-corrected chi connectivity index (χ1v) is 6.13. The van der Waals surface area contributed by atoms with Gasteiger partial charge in [0.05, 0.1) is 11.7 Å². The summed E-state index contributed by atoms with van der Waals surface area (Å²) in [5.41, 5.74) is 0.0537. The summed E-state index contributed by atoms with van der Waals surface area (Å²) in [7, 11) is 0. The van der Waals surface area contributed by atoms with E-state index < -0.39 is 0 Å². The highest BCUT2D eigenvalue weighted by Crippen LogP contribution is 2.36. The van der Waals surface area contributed by atoms with Crippen LogP contribution in [0.2, 0.25) is 0 Å². The van der Waals surface area contributed by atoms with Crippen LogP contribution in [-0.2, 0) is 4.74 Å². The average molecular weight is 198 g/mol. The maximum Gasteiger partial charge on any atom is 0.0707 e. The maximum atomic E-state index is 9.71. The molecule has 0 bridgehead atoms. The van der Waals surface area contributed by atoms with Crippen LogP contribution < -0.4 is 0 Å². The zero-order valence-corrected chi connectivity index (χ0v) is 9.00. The van der Waals surface area contributed by atoms with Gasteiger partial charge in [0.15, 0.2) is 0 Å². The second kappa shape index (κ2) is 4.63. The van der Waals surface area contributed by atoms with Crippen LogP contribution in [0.3, 0.4) is 0 Å². The number of aliphatic hydroxyl groups excluding tert-OH is 1. The molecule has 1 N–H and O–H groups in total. The molecule has 1 aliphatic heterocycles. The van der Waals surface area contributed by atoms with E-state index in [1.54, 1.807) is 0 Å². The largest absolute Gasteiger partial charge is 0.393 e. The standard InChI is InChI=1S/C12H22O2/c13-11-6-9-14-12(10-11)7-4-2-1-3-5-8-12/h11,13H,1-10H2. The van der Waals surface area contributed by atoms with Gasteiger partial charge in [-0.2, -0.15) is 0 Å². The number of ether oxygens (including phenoxy) is 1. The molecule has 14 heavy (non-hydrogen) atoms. The van der Waals surface area contributed by atoms with Crippen molar-refractivity contribution in [3.05, 3.63) is 0 Å². The van der Waals surface area contributed by atoms with Crippen LogP contribution in [0.25, 0.3) is 0 Å². The Kier molecular flexibility index (Phi) is 3.45. The molecular weight excluding hydrogens is 176 g/mol. The Morgan fingerprint density at radius 2 is 1.64 bits per heavy atom. The van der Waals surface area contributed by atoms with E-state index in [9.17, 15) is 5.11 Å². The second-order valence-corrected chi connectivity index (χ2v) is 4.95. The smallest absolute Gasteiger partial charge is 0.0707 e. The van der Waals surface area contributed by atoms with E-state index in [0.717, 1.165) is 19.4 Å². The fraction of sp³-hybridized carbons (Fsp3) is 1.00. The van der Waals surface area contributed by atoms with E-state index >= 15 is 0 Å². The number of hydrogen-bond donors (Lipinski definition) is 1. The van der Waals surface area contributed by atoms with Gasteiger partial charge in [0, 0.05) is 13.0 Å². The molecule has 82 valence electrons. The third-order valence-corrected chi connectivity index (χ3v) is 3.73. The van der Waals surface area contributed by atoms with Crippen LogP contribution in [-0.4, -0.2) is 23.4 Å². The van der Waals surface area contributed by atoms with Gasteiger partial charge >= 0.3 is 0 Å². The molecule has 0 radical (unpaired) electrons. The fourth-order valence-electron chi connectivity index (χ4n) is 2.90. The van der Waals surface area contributed by atoms with Crippen LogP contribution in [0.4, 0.5) is 0 Å². The molecule has 2 aliphatic rings. The van der Waals surface area contributed by atoms with Crippen molar-refractivity contribution in [1.29, 1.82) is 0 Å². The third kappa shape index (κ3) is 2.48. The molecule has 1 spiro atoms. The lowest BCUT2D eigenvalue weighted by Crippen LogP contribution is -2.42. The molecule has 1 atom stereocenters. The lowest BCUT2D eigenvalue weighted by Gasteiger charge is -2.40. The van der Waals surface area contributed by atoms with Gasteiger partial charge < -0.3 is 9.84 Å². The lowest BCUT2D eigenvalue weighted by atomic mass is 9.81. The van der Waals surface area contributed by atoms with Crippen molar-refractivity contribution in [3.63, 3.8) is 0 Å². The summed E-state index contributed by atoms with van der Waals surface area (Å²) in [5, 5.41) is 9.71. The Labute approximate surface area is 86.6 Å². The second-order valence-electron chi connectivity index (χ2n) is 4.95. The first-order valence-electron chi connectivity index (χ1n) is 6.13. The van der Waals surface area contributed by atoms with Crippen LogP contribution in [0.1, 0.15) is 57.8 Å². The molecule has 1 aliphatic carbocycles. The molecule has 0 aromatic heterocycles. The van der Waals surface area contributed by atoms with E-state index in [4.69, 9.17) is 4.74 Å². The summed E-state index contributed by atoms with van der Waals surface area (Å²) >= 11 is 0. The Morgan fingerprint density at radius 3 is 2.29 bits per heavy atom. The maximum absolute atomic E-state index is 9.71. The van der Waals surface area contributed by atoms with Crippen LogP contribution >= 0.6 is 0 Å². The highest BCUT2D eigenvalue weighted by Gasteiger charge is 2.36. The number of hydrogen-bond acceptors (Lipinski definition) is 2. The summed E-state index contributed by atoms with van der Waals surface area (Å²) in [6, 6.07) is 0. The summed E-state index contributed by atoms with van der Waals surface area (Å²) < 4.78 is 5.95. The Hall–Kier alpha value is -0.0800. The Morgan fingerprint density at radius 1 is 1.00 bits per heavy atom. The summed E-state index contributed by atoms with van der Waals surface area (Å²) in [4.78, 5) is 0. The summed E-state index contributed by atoms with van der Waals surface area (Å²) in [5.74, 6) is 0. The first-order chi connectivity index (χ1) is 6.81. The molecule has 0 aromatic carbocycles. The van der Waals surface area contributed by atoms with Crippen LogP contribution in [0.5, 0.6) is 0 Å². The predicted octanol–water partition coefficient (Wildman–Crippen LogP) is 2.64. The average Bonchev–Trinajstić information content (AvgIpc) is 2.12. The molecule has 2 rings (SSSR count). The van der Waals surface area contributed by atoms with Crippen molar-refractivity contribution >= 4 is 0 Å². The van der Waals surface area contributed by atoms with Crippen molar-refractivity contribution in [2.45, 2.75) is 69.5 Å². The Bertz CT molecular complexity index is 171. The minimum atomic E-state index is -0.108. The molecule has 1 heterocycles. The summed E-state index contributed by atoms with van der Waals surface area (Å²) in [6.45, 7) is 0.765. The quantitative estimate of drug-likeness (QED) is 0.648. The topological polar surface area (TPSA) is 29.5 Å². The normalized spacial score (nSPS) is 33.6. The van der Waals surface area contributed by atoms with Crippen molar-refractivity contribution in [2.24, 2.45) is 0 Å². The Balaban J connectivity index is 1.95. The molecule has 1 saturated heterocycles. The van der Waals surface area contributed by atoms with E-state index in [1.807, 2.05) is 0 Å². The lowest BCUT2D eigenvalue weighted by molar-refractivity contribution is -0.129. The minimum Gasteiger partial charge on any atom is -0.393 e. The van der Waals surface area contributed by atoms with Crippen LogP contribution in [0, 0.1) is 0 Å². The van der Waals surface area contributed by atoms with Gasteiger partial charge in [-0.1, -0.05) is 32.1 Å². The zero-order valence-electron chi connectivity index (χ0n) is 9.00. The zero-order chi connectivity index (χ0) is 9.86. The van der Waals surface area contributed by atoms with Crippen molar-refractivity contribution in [1.82, 2.24) is 0 Å². The predicted molar refractivity (Wildman–Crippen MR) is 56.2 cm³/mol. The van der Waals surface area contributed by atoms with Gasteiger partial charge in [-0.3, -0.25) is 0 Å². The molecule has 0 amide bonds. The molecule has 1 saturated carbocycles. The van der Waals surface area contributed by atoms with Crippen molar-refractivity contribution < 1.29 is 9.84 Å². The van der Waals surface area contributed by atoms with Gasteiger partial charge in [-0.15, -0.1) is 0 Å². The number of aliphatic hydroxyl groups is 1. The van der Waals surface area contributed by atoms with Gasteiger partial charge in [0.1, 0.15) is 0 Å². The molecule has 2 nitrogen and oxygen atoms in total. The van der Waals surface area contributed by atoms with Crippen LogP contribution in [0.15, 0.2) is 0 Å². The number of rotatable bonds is 0. The van der Waals surface area contributed by atoms with E-state index in [1.165, 1.54) is 44.9 Å². The monoisotopic (exact) mass is 198 g/mol. The molecular formula is C12H22O2. The van der Waals surface area contributed by atoms with Crippen molar-refractivity contribution in [2.75, 3.05) is 6.61 Å². The molecule has 2 fully saturated rings. The third-order valence-electron chi connectivity index (χ3n) is 3.73. The van der Waals surface area contributed by atoms with Gasteiger partial charge in [-0.25, -0.2) is 0 Å². The van der Waals surface area contributed by atoms with E-state index in [2.05, 4.69) is 0 Å². The van der Waals surface area contributed by atoms with Gasteiger partial charge in [-0.05, 0) is 19.3 Å². The summed E-state index contributed by atoms with van der Waals surface area (Å²) in [6.07, 6.45) is 10.6. The van der Waals surface area contributed by atoms with Gasteiger partial charge in [0.25, 0.3) is 0 Å². The van der Waals surface area contributed by atoms with E-state index in [0.29, 0.717) is 0 Å². The van der Waals surface area contributed by atoms with Gasteiger partial charge in [0.2, 0.25) is 0 Å². The first kappa shape index (κ1) is 10.4. The molecule has 0 aromatic rings.